The number of nitrogens with zero attached hydrogens (tertiary/aromatic N) is 2. The first-order chi connectivity index (χ1) is 12.8. The zero-order valence-electron chi connectivity index (χ0n) is 15.7. The quantitative estimate of drug-likeness (QED) is 0.468. The summed E-state index contributed by atoms with van der Waals surface area (Å²) in [6, 6.07) is 21.3. The second-order valence-corrected chi connectivity index (χ2v) is 6.57. The third-order valence-electron chi connectivity index (χ3n) is 4.37. The van der Waals surface area contributed by atoms with Crippen molar-refractivity contribution in [3.05, 3.63) is 95.3 Å². The smallest absolute Gasteiger partial charge is 0.0769 e. The molecule has 0 aliphatic rings. The zero-order valence-corrected chi connectivity index (χ0v) is 15.7. The Labute approximate surface area is 156 Å². The van der Waals surface area contributed by atoms with Crippen LogP contribution in [0.25, 0.3) is 5.69 Å². The van der Waals surface area contributed by atoms with Gasteiger partial charge in [-0.2, -0.15) is 5.10 Å². The predicted octanol–water partition coefficient (Wildman–Crippen LogP) is 4.83. The highest BCUT2D eigenvalue weighted by Gasteiger charge is 2.10. The van der Waals surface area contributed by atoms with Crippen molar-refractivity contribution in [2.24, 2.45) is 0 Å². The Hall–Kier alpha value is -2.65. The Morgan fingerprint density at radius 2 is 1.81 bits per heavy atom. The number of hydrogen-bond acceptors (Lipinski definition) is 2. The molecule has 1 heterocycles. The van der Waals surface area contributed by atoms with Gasteiger partial charge in [-0.05, 0) is 50.6 Å². The van der Waals surface area contributed by atoms with Gasteiger partial charge in [-0.25, -0.2) is 4.68 Å². The van der Waals surface area contributed by atoms with Crippen LogP contribution in [0.15, 0.2) is 72.8 Å². The molecular weight excluding hydrogens is 318 g/mol. The van der Waals surface area contributed by atoms with Crippen LogP contribution in [0.4, 0.5) is 0 Å². The lowest BCUT2D eigenvalue weighted by atomic mass is 10.1. The summed E-state index contributed by atoms with van der Waals surface area (Å²) in [6.45, 7) is 5.92. The van der Waals surface area contributed by atoms with E-state index in [1.54, 1.807) is 0 Å². The van der Waals surface area contributed by atoms with Crippen molar-refractivity contribution in [1.29, 1.82) is 0 Å². The lowest BCUT2D eigenvalue weighted by Crippen LogP contribution is -2.14. The van der Waals surface area contributed by atoms with E-state index in [2.05, 4.69) is 96.7 Å². The fourth-order valence-corrected chi connectivity index (χ4v) is 2.97. The summed E-state index contributed by atoms with van der Waals surface area (Å²) < 4.78 is 2.08. The molecule has 26 heavy (non-hydrogen) atoms. The minimum absolute atomic E-state index is 0.790. The molecule has 0 bridgehead atoms. The molecule has 0 saturated carbocycles. The highest BCUT2D eigenvalue weighted by Crippen LogP contribution is 2.17. The SMILES string of the molecule is C/C=C\CCNCc1cc(Cc2ccccc2)n(-c2ccc(C)cc2)n1. The van der Waals surface area contributed by atoms with Crippen molar-refractivity contribution in [1.82, 2.24) is 15.1 Å². The Kier molecular flexibility index (Phi) is 6.39. The lowest BCUT2D eigenvalue weighted by molar-refractivity contribution is 0.671. The van der Waals surface area contributed by atoms with E-state index in [0.717, 1.165) is 37.3 Å². The van der Waals surface area contributed by atoms with Gasteiger partial charge in [0, 0.05) is 18.7 Å². The highest BCUT2D eigenvalue weighted by molar-refractivity contribution is 5.37. The van der Waals surface area contributed by atoms with Crippen molar-refractivity contribution in [2.45, 2.75) is 33.2 Å². The molecule has 2 aromatic carbocycles. The maximum atomic E-state index is 4.86. The summed E-state index contributed by atoms with van der Waals surface area (Å²) >= 11 is 0. The van der Waals surface area contributed by atoms with Crippen molar-refractivity contribution >= 4 is 0 Å². The van der Waals surface area contributed by atoms with Gasteiger partial charge in [0.15, 0.2) is 0 Å². The molecule has 0 aliphatic heterocycles. The van der Waals surface area contributed by atoms with Gasteiger partial charge in [-0.3, -0.25) is 0 Å². The van der Waals surface area contributed by atoms with Crippen LogP contribution in [-0.4, -0.2) is 16.3 Å². The zero-order chi connectivity index (χ0) is 18.2. The van der Waals surface area contributed by atoms with Gasteiger partial charge in [0.05, 0.1) is 11.4 Å². The van der Waals surface area contributed by atoms with Crippen LogP contribution >= 0.6 is 0 Å². The van der Waals surface area contributed by atoms with E-state index in [4.69, 9.17) is 5.10 Å². The number of rotatable bonds is 8. The standard InChI is InChI=1S/C23H27N3/c1-3-4-8-15-24-18-21-17-23(16-20-9-6-5-7-10-20)26(25-21)22-13-11-19(2)12-14-22/h3-7,9-14,17,24H,8,15-16,18H2,1-2H3/b4-3-. The third kappa shape index (κ3) is 4.93. The molecule has 0 aliphatic carbocycles. The van der Waals surface area contributed by atoms with Crippen LogP contribution in [-0.2, 0) is 13.0 Å². The van der Waals surface area contributed by atoms with Gasteiger partial charge in [0.2, 0.25) is 0 Å². The topological polar surface area (TPSA) is 29.9 Å². The number of aromatic nitrogens is 2. The van der Waals surface area contributed by atoms with E-state index >= 15 is 0 Å². The number of nitrogens with one attached hydrogen (secondary N) is 1. The van der Waals surface area contributed by atoms with E-state index in [1.807, 2.05) is 0 Å². The van der Waals surface area contributed by atoms with Crippen LogP contribution in [0, 0.1) is 6.92 Å². The summed E-state index contributed by atoms with van der Waals surface area (Å²) in [5.41, 5.74) is 5.97. The predicted molar refractivity (Wildman–Crippen MR) is 109 cm³/mol. The van der Waals surface area contributed by atoms with Gasteiger partial charge in [-0.1, -0.05) is 60.2 Å². The monoisotopic (exact) mass is 345 g/mol. The van der Waals surface area contributed by atoms with Crippen molar-refractivity contribution in [3.8, 4) is 5.69 Å². The Bertz CT molecular complexity index is 830. The van der Waals surface area contributed by atoms with Crippen molar-refractivity contribution < 1.29 is 0 Å². The normalized spacial score (nSPS) is 11.3. The largest absolute Gasteiger partial charge is 0.311 e. The minimum Gasteiger partial charge on any atom is -0.311 e. The second-order valence-electron chi connectivity index (χ2n) is 6.57. The fraction of sp³-hybridized carbons (Fsp3) is 0.261. The Balaban J connectivity index is 1.81. The van der Waals surface area contributed by atoms with E-state index in [1.165, 1.54) is 16.8 Å². The molecule has 0 fully saturated rings. The molecule has 0 spiro atoms. The highest BCUT2D eigenvalue weighted by atomic mass is 15.3. The first kappa shape index (κ1) is 18.2. The fourth-order valence-electron chi connectivity index (χ4n) is 2.97. The summed E-state index contributed by atoms with van der Waals surface area (Å²) in [6.07, 6.45) is 6.19. The Morgan fingerprint density at radius 3 is 2.54 bits per heavy atom. The summed E-state index contributed by atoms with van der Waals surface area (Å²) in [5, 5.41) is 8.33. The first-order valence-electron chi connectivity index (χ1n) is 9.27. The summed E-state index contributed by atoms with van der Waals surface area (Å²) in [5.74, 6) is 0. The summed E-state index contributed by atoms with van der Waals surface area (Å²) in [4.78, 5) is 0. The lowest BCUT2D eigenvalue weighted by Gasteiger charge is -2.08. The molecule has 0 radical (unpaired) electrons. The second kappa shape index (κ2) is 9.16. The van der Waals surface area contributed by atoms with Crippen LogP contribution in [0.1, 0.15) is 35.9 Å². The van der Waals surface area contributed by atoms with E-state index in [-0.39, 0.29) is 0 Å². The molecule has 3 aromatic rings. The molecule has 1 aromatic heterocycles. The molecule has 0 saturated heterocycles. The number of hydrogen-bond donors (Lipinski definition) is 1. The maximum Gasteiger partial charge on any atom is 0.0769 e. The third-order valence-corrected chi connectivity index (χ3v) is 4.37. The molecular formula is C23H27N3. The van der Waals surface area contributed by atoms with Gasteiger partial charge in [-0.15, -0.1) is 0 Å². The number of aryl methyl sites for hydroxylation is 1. The maximum absolute atomic E-state index is 4.86. The molecule has 3 nitrogen and oxygen atoms in total. The molecule has 3 rings (SSSR count). The first-order valence-corrected chi connectivity index (χ1v) is 9.27. The van der Waals surface area contributed by atoms with E-state index < -0.39 is 0 Å². The van der Waals surface area contributed by atoms with Crippen LogP contribution in [0.5, 0.6) is 0 Å². The molecule has 3 heteroatoms. The molecule has 0 atom stereocenters. The van der Waals surface area contributed by atoms with Crippen LogP contribution in [0.2, 0.25) is 0 Å². The minimum atomic E-state index is 0.790. The van der Waals surface area contributed by atoms with Crippen molar-refractivity contribution in [2.75, 3.05) is 6.54 Å². The van der Waals surface area contributed by atoms with Crippen LogP contribution < -0.4 is 5.32 Å². The summed E-state index contributed by atoms with van der Waals surface area (Å²) in [7, 11) is 0. The van der Waals surface area contributed by atoms with Crippen molar-refractivity contribution in [3.63, 3.8) is 0 Å². The van der Waals surface area contributed by atoms with Gasteiger partial charge >= 0.3 is 0 Å². The number of allylic oxidation sites excluding steroid dienone is 1. The Morgan fingerprint density at radius 1 is 1.04 bits per heavy atom. The molecule has 0 unspecified atom stereocenters. The molecule has 0 amide bonds. The van der Waals surface area contributed by atoms with Gasteiger partial charge in [0.25, 0.3) is 0 Å². The average Bonchev–Trinajstić information content (AvgIpc) is 3.05. The average molecular weight is 345 g/mol. The molecule has 134 valence electrons. The van der Waals surface area contributed by atoms with Gasteiger partial charge in [0.1, 0.15) is 0 Å². The van der Waals surface area contributed by atoms with Crippen LogP contribution in [0.3, 0.4) is 0 Å². The van der Waals surface area contributed by atoms with E-state index in [0.29, 0.717) is 0 Å². The van der Waals surface area contributed by atoms with E-state index in [9.17, 15) is 0 Å². The molecule has 1 N–H and O–H groups in total. The van der Waals surface area contributed by atoms with Gasteiger partial charge < -0.3 is 5.32 Å². The number of benzene rings is 2.